The molecule has 1 aliphatic rings. The molecule has 0 aliphatic carbocycles. The Morgan fingerprint density at radius 1 is 0.838 bits per heavy atom. The highest BCUT2D eigenvalue weighted by Gasteiger charge is 2.23. The number of hydrogen-bond acceptors (Lipinski definition) is 6. The molecule has 1 fully saturated rings. The van der Waals surface area contributed by atoms with Gasteiger partial charge >= 0.3 is 0 Å². The Labute approximate surface area is 229 Å². The number of carbonyl (C=O) groups excluding carboxylic acids is 2. The van der Waals surface area contributed by atoms with Crippen molar-refractivity contribution >= 4 is 56.4 Å². The number of carbonyl (C=O) groups is 2. The molecule has 0 saturated carbocycles. The standard InChI is InChI=1S/C27H27BrN4O4S/c1-35-23-15-19(16-24(17-23)36-2)26(34)32-13-11-31(12-14-32)22-9-7-21(8-10-22)29-27(37)30-25(33)18-3-5-20(28)6-4-18/h3-10,15-17H,11-14H2,1-2H3,(H2,29,30,33,37). The molecule has 8 nitrogen and oxygen atoms in total. The van der Waals surface area contributed by atoms with Crippen LogP contribution >= 0.6 is 28.1 Å². The van der Waals surface area contributed by atoms with Gasteiger partial charge in [0, 0.05) is 59.2 Å². The Morgan fingerprint density at radius 2 is 1.43 bits per heavy atom. The lowest BCUT2D eigenvalue weighted by Crippen LogP contribution is -2.48. The van der Waals surface area contributed by atoms with Gasteiger partial charge in [-0.05, 0) is 72.9 Å². The molecule has 192 valence electrons. The first-order chi connectivity index (χ1) is 17.9. The fourth-order valence-corrected chi connectivity index (χ4v) is 4.45. The number of methoxy groups -OCH3 is 2. The molecular formula is C27H27BrN4O4S. The lowest BCUT2D eigenvalue weighted by atomic mass is 10.1. The van der Waals surface area contributed by atoms with Crippen LogP contribution in [0, 0.1) is 0 Å². The largest absolute Gasteiger partial charge is 0.497 e. The zero-order chi connectivity index (χ0) is 26.4. The van der Waals surface area contributed by atoms with E-state index in [1.165, 1.54) is 0 Å². The van der Waals surface area contributed by atoms with Crippen LogP contribution in [0.1, 0.15) is 20.7 Å². The third kappa shape index (κ3) is 6.78. The van der Waals surface area contributed by atoms with Gasteiger partial charge < -0.3 is 24.6 Å². The smallest absolute Gasteiger partial charge is 0.257 e. The summed E-state index contributed by atoms with van der Waals surface area (Å²) in [6, 6.07) is 20.1. The highest BCUT2D eigenvalue weighted by atomic mass is 79.9. The summed E-state index contributed by atoms with van der Waals surface area (Å²) in [6.45, 7) is 2.62. The van der Waals surface area contributed by atoms with Crippen molar-refractivity contribution in [3.63, 3.8) is 0 Å². The number of anilines is 2. The van der Waals surface area contributed by atoms with Gasteiger partial charge in [-0.15, -0.1) is 0 Å². The minimum atomic E-state index is -0.276. The predicted octanol–water partition coefficient (Wildman–Crippen LogP) is 4.56. The van der Waals surface area contributed by atoms with Gasteiger partial charge in [0.1, 0.15) is 11.5 Å². The minimum Gasteiger partial charge on any atom is -0.497 e. The first kappa shape index (κ1) is 26.4. The molecule has 2 amide bonds. The van der Waals surface area contributed by atoms with Crippen molar-refractivity contribution in [2.24, 2.45) is 0 Å². The van der Waals surface area contributed by atoms with E-state index in [9.17, 15) is 9.59 Å². The average Bonchev–Trinajstić information content (AvgIpc) is 2.93. The van der Waals surface area contributed by atoms with Crippen LogP contribution in [0.5, 0.6) is 11.5 Å². The fraction of sp³-hybridized carbons (Fsp3) is 0.222. The molecule has 3 aromatic rings. The Morgan fingerprint density at radius 3 is 2.00 bits per heavy atom. The molecule has 1 aliphatic heterocycles. The maximum Gasteiger partial charge on any atom is 0.257 e. The van der Waals surface area contributed by atoms with Gasteiger partial charge in [0.2, 0.25) is 0 Å². The molecule has 0 unspecified atom stereocenters. The number of thiocarbonyl (C=S) groups is 1. The molecule has 4 rings (SSSR count). The number of rotatable bonds is 6. The summed E-state index contributed by atoms with van der Waals surface area (Å²) in [5, 5.41) is 5.95. The van der Waals surface area contributed by atoms with E-state index in [-0.39, 0.29) is 16.9 Å². The number of nitrogens with zero attached hydrogens (tertiary/aromatic N) is 2. The zero-order valence-corrected chi connectivity index (χ0v) is 22.9. The summed E-state index contributed by atoms with van der Waals surface area (Å²) >= 11 is 8.64. The molecule has 0 atom stereocenters. The number of ether oxygens (including phenoxy) is 2. The molecule has 2 N–H and O–H groups in total. The third-order valence-electron chi connectivity index (χ3n) is 5.99. The summed E-state index contributed by atoms with van der Waals surface area (Å²) in [5.41, 5.74) is 2.88. The third-order valence-corrected chi connectivity index (χ3v) is 6.72. The van der Waals surface area contributed by atoms with Crippen LogP contribution in [0.3, 0.4) is 0 Å². The van der Waals surface area contributed by atoms with Gasteiger partial charge in [-0.1, -0.05) is 15.9 Å². The van der Waals surface area contributed by atoms with Crippen LogP contribution in [0.4, 0.5) is 11.4 Å². The van der Waals surface area contributed by atoms with E-state index < -0.39 is 0 Å². The van der Waals surface area contributed by atoms with Gasteiger partial charge in [-0.25, -0.2) is 0 Å². The highest BCUT2D eigenvalue weighted by molar-refractivity contribution is 9.10. The van der Waals surface area contributed by atoms with Crippen molar-refractivity contribution in [3.05, 3.63) is 82.3 Å². The number of piperazine rings is 1. The molecule has 1 saturated heterocycles. The number of halogens is 1. The van der Waals surface area contributed by atoms with Gasteiger partial charge in [0.05, 0.1) is 14.2 Å². The van der Waals surface area contributed by atoms with Crippen LogP contribution in [-0.4, -0.2) is 62.2 Å². The normalized spacial score (nSPS) is 13.1. The van der Waals surface area contributed by atoms with Crippen LogP contribution < -0.4 is 25.0 Å². The summed E-state index contributed by atoms with van der Waals surface area (Å²) in [7, 11) is 3.13. The van der Waals surface area contributed by atoms with E-state index >= 15 is 0 Å². The quantitative estimate of drug-likeness (QED) is 0.412. The number of benzene rings is 3. The van der Waals surface area contributed by atoms with Crippen molar-refractivity contribution in [1.82, 2.24) is 10.2 Å². The zero-order valence-electron chi connectivity index (χ0n) is 20.5. The predicted molar refractivity (Wildman–Crippen MR) is 152 cm³/mol. The SMILES string of the molecule is COc1cc(OC)cc(C(=O)N2CCN(c3ccc(NC(=S)NC(=O)c4ccc(Br)cc4)cc3)CC2)c1. The molecule has 37 heavy (non-hydrogen) atoms. The molecular weight excluding hydrogens is 556 g/mol. The first-order valence-electron chi connectivity index (χ1n) is 11.6. The number of nitrogens with one attached hydrogen (secondary N) is 2. The number of amides is 2. The molecule has 0 bridgehead atoms. The Balaban J connectivity index is 1.30. The summed E-state index contributed by atoms with van der Waals surface area (Å²) in [6.07, 6.45) is 0. The molecule has 3 aromatic carbocycles. The summed E-state index contributed by atoms with van der Waals surface area (Å²) < 4.78 is 11.5. The highest BCUT2D eigenvalue weighted by Crippen LogP contribution is 2.25. The second kappa shape index (κ2) is 12.1. The lowest BCUT2D eigenvalue weighted by molar-refractivity contribution is 0.0745. The van der Waals surface area contributed by atoms with E-state index in [0.717, 1.165) is 15.8 Å². The Kier molecular flexibility index (Phi) is 8.62. The monoisotopic (exact) mass is 582 g/mol. The van der Waals surface area contributed by atoms with Crippen LogP contribution in [-0.2, 0) is 0 Å². The molecule has 10 heteroatoms. The van der Waals surface area contributed by atoms with Crippen LogP contribution in [0.25, 0.3) is 0 Å². The van der Waals surface area contributed by atoms with Crippen molar-refractivity contribution in [2.75, 3.05) is 50.6 Å². The topological polar surface area (TPSA) is 83.1 Å². The van der Waals surface area contributed by atoms with Gasteiger partial charge in [-0.3, -0.25) is 14.9 Å². The second-order valence-corrected chi connectivity index (χ2v) is 9.67. The van der Waals surface area contributed by atoms with E-state index in [2.05, 4.69) is 31.5 Å². The van der Waals surface area contributed by atoms with Gasteiger partial charge in [-0.2, -0.15) is 0 Å². The van der Waals surface area contributed by atoms with Crippen LogP contribution in [0.2, 0.25) is 0 Å². The molecule has 0 spiro atoms. The van der Waals surface area contributed by atoms with E-state index in [1.54, 1.807) is 56.7 Å². The van der Waals surface area contributed by atoms with E-state index in [4.69, 9.17) is 21.7 Å². The first-order valence-corrected chi connectivity index (χ1v) is 12.8. The Hall–Kier alpha value is -3.63. The minimum absolute atomic E-state index is 0.0462. The summed E-state index contributed by atoms with van der Waals surface area (Å²) in [5.74, 6) is 0.848. The van der Waals surface area contributed by atoms with Crippen molar-refractivity contribution in [3.8, 4) is 11.5 Å². The Bertz CT molecular complexity index is 1250. The molecule has 1 heterocycles. The van der Waals surface area contributed by atoms with Gasteiger partial charge in [0.15, 0.2) is 5.11 Å². The average molecular weight is 584 g/mol. The van der Waals surface area contributed by atoms with Crippen molar-refractivity contribution in [1.29, 1.82) is 0 Å². The maximum absolute atomic E-state index is 13.1. The van der Waals surface area contributed by atoms with E-state index in [1.807, 2.05) is 29.2 Å². The maximum atomic E-state index is 13.1. The molecule has 0 aromatic heterocycles. The van der Waals surface area contributed by atoms with Crippen molar-refractivity contribution < 1.29 is 19.1 Å². The second-order valence-electron chi connectivity index (χ2n) is 8.34. The fourth-order valence-electron chi connectivity index (χ4n) is 3.98. The van der Waals surface area contributed by atoms with Crippen LogP contribution in [0.15, 0.2) is 71.2 Å². The van der Waals surface area contributed by atoms with E-state index in [0.29, 0.717) is 48.8 Å². The number of hydrogen-bond donors (Lipinski definition) is 2. The molecule has 0 radical (unpaired) electrons. The van der Waals surface area contributed by atoms with Gasteiger partial charge in [0.25, 0.3) is 11.8 Å². The van der Waals surface area contributed by atoms with Crippen molar-refractivity contribution in [2.45, 2.75) is 0 Å². The summed E-state index contributed by atoms with van der Waals surface area (Å²) in [4.78, 5) is 29.5. The lowest BCUT2D eigenvalue weighted by Gasteiger charge is -2.36.